The van der Waals surface area contributed by atoms with Crippen LogP contribution in [0, 0.1) is 13.8 Å². The summed E-state index contributed by atoms with van der Waals surface area (Å²) in [6.45, 7) is 4.78. The first-order chi connectivity index (χ1) is 10.6. The van der Waals surface area contributed by atoms with Crippen molar-refractivity contribution in [2.45, 2.75) is 20.4 Å². The lowest BCUT2D eigenvalue weighted by molar-refractivity contribution is 0.0951. The summed E-state index contributed by atoms with van der Waals surface area (Å²) < 4.78 is 2.01. The van der Waals surface area contributed by atoms with Crippen LogP contribution in [0.1, 0.15) is 26.4 Å². The van der Waals surface area contributed by atoms with Crippen molar-refractivity contribution >= 4 is 17.2 Å². The Kier molecular flexibility index (Phi) is 4.11. The molecule has 0 fully saturated rings. The van der Waals surface area contributed by atoms with E-state index < -0.39 is 0 Å². The zero-order valence-corrected chi connectivity index (χ0v) is 13.5. The molecule has 112 valence electrons. The molecule has 0 bridgehead atoms. The van der Waals surface area contributed by atoms with Crippen molar-refractivity contribution in [2.24, 2.45) is 0 Å². The second-order valence-corrected chi connectivity index (χ2v) is 6.35. The molecular formula is C18H18N2OS. The minimum absolute atomic E-state index is 0.0395. The van der Waals surface area contributed by atoms with Crippen molar-refractivity contribution < 1.29 is 4.79 Å². The number of benzene rings is 1. The first-order valence-corrected chi connectivity index (χ1v) is 8.08. The highest BCUT2D eigenvalue weighted by atomic mass is 32.1. The SMILES string of the molecule is Cc1scc(CNC(=O)c2ccc(-n3cccc3)cc2)c1C. The number of carbonyl (C=O) groups excluding carboxylic acids is 1. The Morgan fingerprint density at radius 3 is 2.41 bits per heavy atom. The highest BCUT2D eigenvalue weighted by Gasteiger charge is 2.08. The number of nitrogens with one attached hydrogen (secondary N) is 1. The van der Waals surface area contributed by atoms with E-state index in [-0.39, 0.29) is 5.91 Å². The molecule has 0 unspecified atom stereocenters. The molecule has 1 N–H and O–H groups in total. The van der Waals surface area contributed by atoms with E-state index in [1.165, 1.54) is 16.0 Å². The molecule has 3 aromatic rings. The molecule has 2 aromatic heterocycles. The van der Waals surface area contributed by atoms with Gasteiger partial charge < -0.3 is 9.88 Å². The van der Waals surface area contributed by atoms with Gasteiger partial charge in [-0.15, -0.1) is 11.3 Å². The summed E-state index contributed by atoms with van der Waals surface area (Å²) in [6, 6.07) is 11.6. The van der Waals surface area contributed by atoms with E-state index in [1.54, 1.807) is 11.3 Å². The van der Waals surface area contributed by atoms with Crippen LogP contribution in [0.5, 0.6) is 0 Å². The third kappa shape index (κ3) is 2.97. The lowest BCUT2D eigenvalue weighted by Crippen LogP contribution is -2.22. The minimum atomic E-state index is -0.0395. The van der Waals surface area contributed by atoms with Gasteiger partial charge in [0.25, 0.3) is 5.91 Å². The topological polar surface area (TPSA) is 34.0 Å². The number of rotatable bonds is 4. The quantitative estimate of drug-likeness (QED) is 0.774. The number of aryl methyl sites for hydroxylation is 1. The Morgan fingerprint density at radius 1 is 1.14 bits per heavy atom. The van der Waals surface area contributed by atoms with Crippen LogP contribution >= 0.6 is 11.3 Å². The molecule has 0 spiro atoms. The monoisotopic (exact) mass is 310 g/mol. The van der Waals surface area contributed by atoms with E-state index in [0.717, 1.165) is 5.69 Å². The van der Waals surface area contributed by atoms with E-state index in [4.69, 9.17) is 0 Å². The molecule has 22 heavy (non-hydrogen) atoms. The van der Waals surface area contributed by atoms with Gasteiger partial charge in [0, 0.05) is 35.1 Å². The van der Waals surface area contributed by atoms with Gasteiger partial charge in [-0.25, -0.2) is 0 Å². The Morgan fingerprint density at radius 2 is 1.82 bits per heavy atom. The largest absolute Gasteiger partial charge is 0.348 e. The van der Waals surface area contributed by atoms with Crippen LogP contribution < -0.4 is 5.32 Å². The van der Waals surface area contributed by atoms with Crippen molar-refractivity contribution in [3.05, 3.63) is 75.7 Å². The average Bonchev–Trinajstić information content (AvgIpc) is 3.17. The van der Waals surface area contributed by atoms with Crippen LogP contribution in [0.25, 0.3) is 5.69 Å². The van der Waals surface area contributed by atoms with E-state index in [0.29, 0.717) is 12.1 Å². The molecule has 1 amide bonds. The van der Waals surface area contributed by atoms with Gasteiger partial charge in [0.2, 0.25) is 0 Å². The minimum Gasteiger partial charge on any atom is -0.348 e. The lowest BCUT2D eigenvalue weighted by Gasteiger charge is -2.07. The molecule has 1 aromatic carbocycles. The molecular weight excluding hydrogens is 292 g/mol. The standard InChI is InChI=1S/C18H18N2OS/c1-13-14(2)22-12-16(13)11-19-18(21)15-5-7-17(8-6-15)20-9-3-4-10-20/h3-10,12H,11H2,1-2H3,(H,19,21). The van der Waals surface area contributed by atoms with Crippen molar-refractivity contribution in [3.63, 3.8) is 0 Å². The summed E-state index contributed by atoms with van der Waals surface area (Å²) in [5, 5.41) is 5.10. The van der Waals surface area contributed by atoms with Crippen LogP contribution in [-0.4, -0.2) is 10.5 Å². The summed E-state index contributed by atoms with van der Waals surface area (Å²) in [4.78, 5) is 13.5. The predicted octanol–water partition coefficient (Wildman–Crippen LogP) is 4.09. The third-order valence-corrected chi connectivity index (χ3v) is 4.92. The smallest absolute Gasteiger partial charge is 0.251 e. The fraction of sp³-hybridized carbons (Fsp3) is 0.167. The highest BCUT2D eigenvalue weighted by Crippen LogP contribution is 2.20. The molecule has 0 aliphatic carbocycles. The van der Waals surface area contributed by atoms with E-state index in [1.807, 2.05) is 53.4 Å². The molecule has 4 heteroatoms. The zero-order valence-electron chi connectivity index (χ0n) is 12.7. The van der Waals surface area contributed by atoms with Crippen molar-refractivity contribution in [1.29, 1.82) is 0 Å². The molecule has 0 saturated carbocycles. The number of thiophene rings is 1. The molecule has 0 aliphatic rings. The zero-order chi connectivity index (χ0) is 15.5. The van der Waals surface area contributed by atoms with E-state index in [9.17, 15) is 4.79 Å². The first-order valence-electron chi connectivity index (χ1n) is 7.20. The Bertz CT molecular complexity index is 770. The van der Waals surface area contributed by atoms with Crippen LogP contribution in [0.4, 0.5) is 0 Å². The normalized spacial score (nSPS) is 10.6. The van der Waals surface area contributed by atoms with Gasteiger partial charge >= 0.3 is 0 Å². The Labute approximate surface area is 134 Å². The van der Waals surface area contributed by atoms with Gasteiger partial charge in [0.05, 0.1) is 0 Å². The van der Waals surface area contributed by atoms with Crippen molar-refractivity contribution in [2.75, 3.05) is 0 Å². The van der Waals surface area contributed by atoms with Gasteiger partial charge in [0.15, 0.2) is 0 Å². The molecule has 0 radical (unpaired) electrons. The summed E-state index contributed by atoms with van der Waals surface area (Å²) in [5.74, 6) is -0.0395. The van der Waals surface area contributed by atoms with Crippen LogP contribution in [0.3, 0.4) is 0 Å². The second kappa shape index (κ2) is 6.20. The maximum atomic E-state index is 12.2. The van der Waals surface area contributed by atoms with Crippen LogP contribution in [-0.2, 0) is 6.54 Å². The van der Waals surface area contributed by atoms with Gasteiger partial charge in [-0.2, -0.15) is 0 Å². The predicted molar refractivity (Wildman–Crippen MR) is 90.7 cm³/mol. The highest BCUT2D eigenvalue weighted by molar-refractivity contribution is 7.10. The number of nitrogens with zero attached hydrogens (tertiary/aromatic N) is 1. The Hall–Kier alpha value is -2.33. The Balaban J connectivity index is 1.66. The van der Waals surface area contributed by atoms with E-state index in [2.05, 4.69) is 24.5 Å². The molecule has 3 rings (SSSR count). The summed E-state index contributed by atoms with van der Waals surface area (Å²) in [5.41, 5.74) is 4.19. The fourth-order valence-electron chi connectivity index (χ4n) is 2.31. The maximum Gasteiger partial charge on any atom is 0.251 e. The fourth-order valence-corrected chi connectivity index (χ4v) is 3.19. The third-order valence-electron chi connectivity index (χ3n) is 3.86. The first kappa shape index (κ1) is 14.6. The van der Waals surface area contributed by atoms with Gasteiger partial charge in [0.1, 0.15) is 0 Å². The summed E-state index contributed by atoms with van der Waals surface area (Å²) in [6.07, 6.45) is 3.97. The lowest BCUT2D eigenvalue weighted by atomic mass is 10.1. The molecule has 2 heterocycles. The van der Waals surface area contributed by atoms with E-state index >= 15 is 0 Å². The summed E-state index contributed by atoms with van der Waals surface area (Å²) in [7, 11) is 0. The van der Waals surface area contributed by atoms with Gasteiger partial charge in [-0.05, 0) is 66.8 Å². The molecule has 3 nitrogen and oxygen atoms in total. The number of hydrogen-bond donors (Lipinski definition) is 1. The van der Waals surface area contributed by atoms with Crippen molar-refractivity contribution in [3.8, 4) is 5.69 Å². The number of amides is 1. The molecule has 0 aliphatic heterocycles. The van der Waals surface area contributed by atoms with Gasteiger partial charge in [-0.3, -0.25) is 4.79 Å². The maximum absolute atomic E-state index is 12.2. The van der Waals surface area contributed by atoms with Crippen LogP contribution in [0.15, 0.2) is 54.2 Å². The number of carbonyl (C=O) groups is 1. The summed E-state index contributed by atoms with van der Waals surface area (Å²) >= 11 is 1.72. The number of hydrogen-bond acceptors (Lipinski definition) is 2. The average molecular weight is 310 g/mol. The molecule has 0 saturated heterocycles. The number of aromatic nitrogens is 1. The van der Waals surface area contributed by atoms with Gasteiger partial charge in [-0.1, -0.05) is 0 Å². The molecule has 0 atom stereocenters. The second-order valence-electron chi connectivity index (χ2n) is 5.26. The van der Waals surface area contributed by atoms with Crippen LogP contribution in [0.2, 0.25) is 0 Å². The van der Waals surface area contributed by atoms with Crippen molar-refractivity contribution in [1.82, 2.24) is 9.88 Å².